The van der Waals surface area contributed by atoms with Gasteiger partial charge < -0.3 is 4.90 Å². The zero-order valence-corrected chi connectivity index (χ0v) is 18.4. The van der Waals surface area contributed by atoms with Crippen LogP contribution in [-0.2, 0) is 12.6 Å². The van der Waals surface area contributed by atoms with E-state index >= 15 is 0 Å². The predicted molar refractivity (Wildman–Crippen MR) is 114 cm³/mol. The third-order valence-electron chi connectivity index (χ3n) is 5.64. The second-order valence-electron chi connectivity index (χ2n) is 7.91. The molecule has 1 aliphatic heterocycles. The summed E-state index contributed by atoms with van der Waals surface area (Å²) < 4.78 is 39.6. The average Bonchev–Trinajstić information content (AvgIpc) is 3.21. The maximum atomic E-state index is 13.4. The fourth-order valence-corrected chi connectivity index (χ4v) is 3.96. The van der Waals surface area contributed by atoms with Gasteiger partial charge in [0, 0.05) is 13.0 Å². The number of alkyl halides is 3. The van der Waals surface area contributed by atoms with Crippen LogP contribution in [0.15, 0.2) is 36.8 Å². The average molecular weight is 460 g/mol. The van der Waals surface area contributed by atoms with Crippen LogP contribution in [0.3, 0.4) is 0 Å². The highest BCUT2D eigenvalue weighted by Crippen LogP contribution is 2.31. The minimum atomic E-state index is -4.45. The first kappa shape index (κ1) is 22.7. The summed E-state index contributed by atoms with van der Waals surface area (Å²) in [5.41, 5.74) is 1.31. The number of aromatic nitrogens is 5. The zero-order valence-electron chi connectivity index (χ0n) is 18.4. The van der Waals surface area contributed by atoms with E-state index in [-0.39, 0.29) is 18.0 Å². The number of aryl methyl sites for hydroxylation is 2. The number of hydrogen-bond donors (Lipinski definition) is 0. The van der Waals surface area contributed by atoms with E-state index in [4.69, 9.17) is 0 Å². The number of rotatable bonds is 4. The Labute approximate surface area is 189 Å². The van der Waals surface area contributed by atoms with Gasteiger partial charge in [0.1, 0.15) is 11.3 Å². The molecule has 11 heteroatoms. The molecule has 0 aliphatic carbocycles. The van der Waals surface area contributed by atoms with Gasteiger partial charge in [0.2, 0.25) is 0 Å². The Morgan fingerprint density at radius 1 is 1.12 bits per heavy atom. The summed E-state index contributed by atoms with van der Waals surface area (Å²) in [6, 6.07) is 5.54. The van der Waals surface area contributed by atoms with Crippen LogP contribution in [0.1, 0.15) is 40.5 Å². The molecule has 33 heavy (non-hydrogen) atoms. The van der Waals surface area contributed by atoms with Crippen molar-refractivity contribution in [2.45, 2.75) is 32.9 Å². The number of H-pyrrole nitrogens is 1. The number of benzene rings is 1. The molecule has 1 aliphatic rings. The molecule has 0 radical (unpaired) electrons. The van der Waals surface area contributed by atoms with Gasteiger partial charge in [0.25, 0.3) is 5.91 Å². The van der Waals surface area contributed by atoms with Crippen molar-refractivity contribution in [3.05, 3.63) is 59.2 Å². The lowest BCUT2D eigenvalue weighted by Crippen LogP contribution is -2.38. The SMILES string of the molecule is CCc1nc(N2CCCN(C(=O)c3cc(C)ccc3-n3nccn3)CC2)[nH+]cc1C(F)(F)F. The van der Waals surface area contributed by atoms with Gasteiger partial charge in [0.15, 0.2) is 0 Å². The molecule has 0 unspecified atom stereocenters. The molecule has 3 heterocycles. The Bertz CT molecular complexity index is 1130. The van der Waals surface area contributed by atoms with Gasteiger partial charge in [-0.1, -0.05) is 23.5 Å². The third kappa shape index (κ3) is 4.81. The standard InChI is InChI=1S/C22H24F3N7O/c1-3-18-17(22(23,24)25)14-26-21(29-18)31-10-4-9-30(11-12-31)20(33)16-13-15(2)5-6-19(16)32-27-7-8-28-32/h5-8,13-14H,3-4,9-12H2,1-2H3/p+1. The number of aromatic amines is 1. The first-order valence-electron chi connectivity index (χ1n) is 10.8. The van der Waals surface area contributed by atoms with Gasteiger partial charge >= 0.3 is 12.1 Å². The van der Waals surface area contributed by atoms with Crippen molar-refractivity contribution >= 4 is 11.9 Å². The summed E-state index contributed by atoms with van der Waals surface area (Å²) in [6.45, 7) is 5.53. The second kappa shape index (κ2) is 9.16. The lowest BCUT2D eigenvalue weighted by Gasteiger charge is -2.21. The molecule has 1 N–H and O–H groups in total. The highest BCUT2D eigenvalue weighted by Gasteiger charge is 2.37. The molecule has 8 nitrogen and oxygen atoms in total. The minimum absolute atomic E-state index is 0.00422. The van der Waals surface area contributed by atoms with E-state index in [1.54, 1.807) is 24.2 Å². The van der Waals surface area contributed by atoms with E-state index in [0.717, 1.165) is 11.8 Å². The number of carbonyl (C=O) groups is 1. The van der Waals surface area contributed by atoms with Crippen LogP contribution in [0.4, 0.5) is 19.1 Å². The van der Waals surface area contributed by atoms with Crippen molar-refractivity contribution in [1.29, 1.82) is 0 Å². The van der Waals surface area contributed by atoms with Gasteiger partial charge in [-0.3, -0.25) is 9.69 Å². The molecule has 1 saturated heterocycles. The highest BCUT2D eigenvalue weighted by atomic mass is 19.4. The molecule has 0 spiro atoms. The van der Waals surface area contributed by atoms with Gasteiger partial charge in [-0.25, -0.2) is 4.98 Å². The van der Waals surface area contributed by atoms with Crippen LogP contribution in [0.5, 0.6) is 0 Å². The number of anilines is 1. The molecular weight excluding hydrogens is 435 g/mol. The Morgan fingerprint density at radius 2 is 1.88 bits per heavy atom. The topological polar surface area (TPSA) is 81.3 Å². The Hall–Kier alpha value is -3.50. The fraction of sp³-hybridized carbons (Fsp3) is 0.409. The summed E-state index contributed by atoms with van der Waals surface area (Å²) in [4.78, 5) is 25.4. The Balaban J connectivity index is 1.54. The summed E-state index contributed by atoms with van der Waals surface area (Å²) in [5.74, 6) is 0.248. The normalized spacial score (nSPS) is 14.9. The monoisotopic (exact) mass is 460 g/mol. The Kier molecular flexibility index (Phi) is 6.30. The summed E-state index contributed by atoms with van der Waals surface area (Å²) in [5, 5.41) is 8.30. The van der Waals surface area contributed by atoms with E-state index in [1.807, 2.05) is 30.0 Å². The van der Waals surface area contributed by atoms with Crippen molar-refractivity contribution in [1.82, 2.24) is 24.9 Å². The molecule has 0 bridgehead atoms. The number of hydrogen-bond acceptors (Lipinski definition) is 5. The van der Waals surface area contributed by atoms with Gasteiger partial charge in [-0.15, -0.1) is 0 Å². The quantitative estimate of drug-likeness (QED) is 0.598. The number of amides is 1. The number of halogens is 3. The zero-order chi connectivity index (χ0) is 23.6. The summed E-state index contributed by atoms with van der Waals surface area (Å²) in [7, 11) is 0. The van der Waals surface area contributed by atoms with Crippen molar-refractivity contribution in [3.8, 4) is 5.69 Å². The number of carbonyl (C=O) groups excluding carboxylic acids is 1. The van der Waals surface area contributed by atoms with E-state index in [9.17, 15) is 18.0 Å². The van der Waals surface area contributed by atoms with Crippen LogP contribution in [0, 0.1) is 6.92 Å². The maximum Gasteiger partial charge on any atom is 0.422 e. The fourth-order valence-electron chi connectivity index (χ4n) is 3.96. The number of nitrogens with zero attached hydrogens (tertiary/aromatic N) is 6. The van der Waals surface area contributed by atoms with E-state index < -0.39 is 11.7 Å². The first-order chi connectivity index (χ1) is 15.8. The molecule has 174 valence electrons. The van der Waals surface area contributed by atoms with Crippen LogP contribution in [0.2, 0.25) is 0 Å². The lowest BCUT2D eigenvalue weighted by molar-refractivity contribution is -0.372. The second-order valence-corrected chi connectivity index (χ2v) is 7.91. The molecule has 4 rings (SSSR count). The maximum absolute atomic E-state index is 13.4. The van der Waals surface area contributed by atoms with E-state index in [0.29, 0.717) is 49.8 Å². The molecule has 1 fully saturated rings. The van der Waals surface area contributed by atoms with Gasteiger partial charge in [-0.2, -0.15) is 28.2 Å². The molecular formula is C22H25F3N7O+. The molecule has 1 aromatic carbocycles. The van der Waals surface area contributed by atoms with Crippen LogP contribution >= 0.6 is 0 Å². The molecule has 2 aromatic heterocycles. The van der Waals surface area contributed by atoms with E-state index in [1.165, 1.54) is 4.80 Å². The molecule has 0 atom stereocenters. The summed E-state index contributed by atoms with van der Waals surface area (Å²) >= 11 is 0. The first-order valence-corrected chi connectivity index (χ1v) is 10.8. The lowest BCUT2D eigenvalue weighted by atomic mass is 10.1. The smallest absolute Gasteiger partial charge is 0.335 e. The molecule has 3 aromatic rings. The third-order valence-corrected chi connectivity index (χ3v) is 5.64. The minimum Gasteiger partial charge on any atom is -0.335 e. The molecule has 0 saturated carbocycles. The molecule has 1 amide bonds. The summed E-state index contributed by atoms with van der Waals surface area (Å²) in [6.07, 6.45) is 0.457. The van der Waals surface area contributed by atoms with Gasteiger partial charge in [0.05, 0.1) is 49.5 Å². The van der Waals surface area contributed by atoms with E-state index in [2.05, 4.69) is 20.2 Å². The van der Waals surface area contributed by atoms with Crippen molar-refractivity contribution in [2.24, 2.45) is 0 Å². The van der Waals surface area contributed by atoms with Crippen molar-refractivity contribution < 1.29 is 22.9 Å². The predicted octanol–water partition coefficient (Wildman–Crippen LogP) is 2.72. The van der Waals surface area contributed by atoms with Crippen molar-refractivity contribution in [2.75, 3.05) is 31.1 Å². The largest absolute Gasteiger partial charge is 0.422 e. The number of nitrogens with one attached hydrogen (secondary N) is 1. The van der Waals surface area contributed by atoms with Gasteiger partial charge in [-0.05, 0) is 25.5 Å². The highest BCUT2D eigenvalue weighted by molar-refractivity contribution is 5.98. The van der Waals surface area contributed by atoms with Crippen LogP contribution in [0.25, 0.3) is 5.69 Å². The van der Waals surface area contributed by atoms with Crippen LogP contribution < -0.4 is 9.88 Å². The van der Waals surface area contributed by atoms with Crippen LogP contribution in [-0.4, -0.2) is 57.0 Å². The Morgan fingerprint density at radius 3 is 2.58 bits per heavy atom. The van der Waals surface area contributed by atoms with Crippen molar-refractivity contribution in [3.63, 3.8) is 0 Å².